The summed E-state index contributed by atoms with van der Waals surface area (Å²) in [6.45, 7) is 1.89. The lowest BCUT2D eigenvalue weighted by atomic mass is 9.77. The summed E-state index contributed by atoms with van der Waals surface area (Å²) in [6.07, 6.45) is 1.77. The molecule has 4 atom stereocenters. The van der Waals surface area contributed by atoms with E-state index in [0.717, 1.165) is 43.5 Å². The molecule has 3 heterocycles. The Hall–Kier alpha value is -3.76. The number of carbonyl (C=O) groups is 2. The van der Waals surface area contributed by atoms with E-state index in [2.05, 4.69) is 11.0 Å². The second-order valence-corrected chi connectivity index (χ2v) is 10.5. The van der Waals surface area contributed by atoms with Gasteiger partial charge in [0.1, 0.15) is 18.1 Å². The number of hydrogen-bond acceptors (Lipinski definition) is 10. The van der Waals surface area contributed by atoms with Gasteiger partial charge < -0.3 is 33.5 Å². The van der Waals surface area contributed by atoms with Crippen LogP contribution in [0.4, 0.5) is 0 Å². The molecule has 2 aromatic rings. The van der Waals surface area contributed by atoms with Crippen LogP contribution in [0, 0.1) is 0 Å². The fourth-order valence-corrected chi connectivity index (χ4v) is 6.58. The van der Waals surface area contributed by atoms with Gasteiger partial charge in [-0.25, -0.2) is 4.79 Å². The molecule has 0 bridgehead atoms. The molecule has 6 rings (SSSR count). The van der Waals surface area contributed by atoms with Crippen molar-refractivity contribution in [1.29, 1.82) is 0 Å². The van der Waals surface area contributed by atoms with E-state index >= 15 is 0 Å². The highest BCUT2D eigenvalue weighted by Gasteiger charge is 2.58. The van der Waals surface area contributed by atoms with Crippen molar-refractivity contribution in [3.05, 3.63) is 64.9 Å². The largest absolute Gasteiger partial charge is 0.497 e. The number of fused-ring (bicyclic) bond motifs is 3. The minimum Gasteiger partial charge on any atom is -0.497 e. The Kier molecular flexibility index (Phi) is 7.06. The summed E-state index contributed by atoms with van der Waals surface area (Å²) in [5.41, 5.74) is 2.40. The zero-order valence-corrected chi connectivity index (χ0v) is 22.6. The second kappa shape index (κ2) is 10.7. The van der Waals surface area contributed by atoms with Gasteiger partial charge in [0.05, 0.1) is 32.1 Å². The first kappa shape index (κ1) is 26.5. The van der Waals surface area contributed by atoms with Crippen LogP contribution < -0.4 is 14.2 Å². The van der Waals surface area contributed by atoms with Gasteiger partial charge in [0, 0.05) is 12.1 Å². The zero-order chi connectivity index (χ0) is 27.9. The number of rotatable bonds is 8. The number of nitrogens with zero attached hydrogens (tertiary/aromatic N) is 1. The van der Waals surface area contributed by atoms with E-state index in [1.54, 1.807) is 25.3 Å². The zero-order valence-electron chi connectivity index (χ0n) is 22.6. The van der Waals surface area contributed by atoms with Crippen LogP contribution in [0.15, 0.2) is 48.2 Å². The molecule has 40 heavy (non-hydrogen) atoms. The van der Waals surface area contributed by atoms with Gasteiger partial charge >= 0.3 is 11.9 Å². The van der Waals surface area contributed by atoms with Crippen LogP contribution in [0.2, 0.25) is 0 Å². The van der Waals surface area contributed by atoms with Crippen LogP contribution in [-0.2, 0) is 36.8 Å². The Labute approximate surface area is 232 Å². The topological polar surface area (TPSA) is 113 Å². The first-order valence-electron chi connectivity index (χ1n) is 13.5. The molecular formula is C30H33NO9. The molecule has 0 saturated carbocycles. The molecule has 10 heteroatoms. The Balaban J connectivity index is 1.21. The van der Waals surface area contributed by atoms with Crippen LogP contribution >= 0.6 is 0 Å². The van der Waals surface area contributed by atoms with E-state index in [4.69, 9.17) is 28.4 Å². The van der Waals surface area contributed by atoms with Gasteiger partial charge in [0.25, 0.3) is 0 Å². The van der Waals surface area contributed by atoms with Gasteiger partial charge in [-0.3, -0.25) is 9.69 Å². The summed E-state index contributed by atoms with van der Waals surface area (Å²) in [4.78, 5) is 28.1. The van der Waals surface area contributed by atoms with E-state index in [1.165, 1.54) is 7.11 Å². The monoisotopic (exact) mass is 551 g/mol. The van der Waals surface area contributed by atoms with Crippen molar-refractivity contribution in [1.82, 2.24) is 4.90 Å². The summed E-state index contributed by atoms with van der Waals surface area (Å²) in [6, 6.07) is 11.2. The number of esters is 2. The lowest BCUT2D eigenvalue weighted by Gasteiger charge is -2.39. The van der Waals surface area contributed by atoms with E-state index in [-0.39, 0.29) is 19.3 Å². The van der Waals surface area contributed by atoms with Crippen LogP contribution in [0.3, 0.4) is 0 Å². The first-order chi connectivity index (χ1) is 19.4. The van der Waals surface area contributed by atoms with Crippen LogP contribution in [0.25, 0.3) is 0 Å². The van der Waals surface area contributed by atoms with Crippen molar-refractivity contribution < 1.29 is 43.1 Å². The Bertz CT molecular complexity index is 1340. The standard InChI is InChI=1S/C30H33NO9/c1-35-22-7-4-3-6-19(22)16-37-26(33)14-21(32)29(34)40-28-25(36-2)15-30-9-5-10-31(30)11-8-18-12-23-24(39-17-38-23)13-20(18)27(28)30/h3-4,6-7,12-13,15,21,27-28,32H,5,8-11,14,16-17H2,1-2H3/t21-,27-,28?,30?/m1/s1. The van der Waals surface area contributed by atoms with Crippen molar-refractivity contribution in [3.63, 3.8) is 0 Å². The Morgan fingerprint density at radius 2 is 1.93 bits per heavy atom. The maximum Gasteiger partial charge on any atom is 0.336 e. The normalized spacial score (nSPS) is 25.1. The van der Waals surface area contributed by atoms with E-state index < -0.39 is 36.1 Å². The molecule has 0 radical (unpaired) electrons. The molecule has 2 aromatic carbocycles. The average Bonchev–Trinajstić information content (AvgIpc) is 3.65. The minimum atomic E-state index is -1.69. The van der Waals surface area contributed by atoms with Crippen molar-refractivity contribution in [2.75, 3.05) is 34.1 Å². The summed E-state index contributed by atoms with van der Waals surface area (Å²) < 4.78 is 33.6. The predicted octanol–water partition coefficient (Wildman–Crippen LogP) is 2.85. The molecule has 1 N–H and O–H groups in total. The third-order valence-electron chi connectivity index (χ3n) is 8.42. The Morgan fingerprint density at radius 3 is 2.73 bits per heavy atom. The average molecular weight is 552 g/mol. The molecule has 0 amide bonds. The smallest absolute Gasteiger partial charge is 0.336 e. The van der Waals surface area contributed by atoms with Crippen molar-refractivity contribution >= 4 is 11.9 Å². The summed E-state index contributed by atoms with van der Waals surface area (Å²) in [7, 11) is 3.09. The third-order valence-corrected chi connectivity index (χ3v) is 8.42. The molecule has 3 aliphatic heterocycles. The molecule has 212 valence electrons. The predicted molar refractivity (Wildman–Crippen MR) is 141 cm³/mol. The molecule has 0 aromatic heterocycles. The van der Waals surface area contributed by atoms with Gasteiger partial charge in [-0.05, 0) is 61.2 Å². The third kappa shape index (κ3) is 4.54. The van der Waals surface area contributed by atoms with E-state index in [9.17, 15) is 14.7 Å². The molecule has 1 fully saturated rings. The number of aliphatic hydroxyl groups excluding tert-OH is 1. The summed E-state index contributed by atoms with van der Waals surface area (Å²) in [5, 5.41) is 10.7. The SMILES string of the molecule is COC1=CC23CCCN2CCc2cc4c(cc2[C@@H]3C1OC(=O)[C@H](O)CC(=O)OCc1ccccc1OC)OCO4. The maximum atomic E-state index is 13.2. The van der Waals surface area contributed by atoms with Gasteiger partial charge in [-0.1, -0.05) is 18.2 Å². The maximum absolute atomic E-state index is 13.2. The molecule has 4 aliphatic rings. The van der Waals surface area contributed by atoms with Gasteiger partial charge in [0.2, 0.25) is 6.79 Å². The van der Waals surface area contributed by atoms with Crippen LogP contribution in [-0.4, -0.2) is 73.8 Å². The van der Waals surface area contributed by atoms with Gasteiger partial charge in [-0.2, -0.15) is 0 Å². The lowest BCUT2D eigenvalue weighted by molar-refractivity contribution is -0.165. The quantitative estimate of drug-likeness (QED) is 0.492. The van der Waals surface area contributed by atoms with Gasteiger partial charge in [0.15, 0.2) is 23.7 Å². The lowest BCUT2D eigenvalue weighted by Crippen LogP contribution is -2.47. The number of benzene rings is 2. The van der Waals surface area contributed by atoms with Crippen LogP contribution in [0.5, 0.6) is 17.2 Å². The van der Waals surface area contributed by atoms with Crippen molar-refractivity contribution in [2.24, 2.45) is 0 Å². The molecule has 1 saturated heterocycles. The number of methoxy groups -OCH3 is 2. The molecular weight excluding hydrogens is 518 g/mol. The van der Waals surface area contributed by atoms with Gasteiger partial charge in [-0.15, -0.1) is 0 Å². The number of carbonyl (C=O) groups excluding carboxylic acids is 2. The molecule has 2 unspecified atom stereocenters. The molecule has 1 spiro atoms. The molecule has 10 nitrogen and oxygen atoms in total. The number of ether oxygens (including phenoxy) is 6. The first-order valence-corrected chi connectivity index (χ1v) is 13.5. The van der Waals surface area contributed by atoms with E-state index in [0.29, 0.717) is 28.6 Å². The summed E-state index contributed by atoms with van der Waals surface area (Å²) in [5.74, 6) is 0.576. The second-order valence-electron chi connectivity index (χ2n) is 10.5. The highest BCUT2D eigenvalue weighted by molar-refractivity contribution is 5.82. The number of aliphatic hydroxyl groups is 1. The van der Waals surface area contributed by atoms with E-state index in [1.807, 2.05) is 18.2 Å². The van der Waals surface area contributed by atoms with Crippen molar-refractivity contribution in [3.8, 4) is 17.2 Å². The fourth-order valence-electron chi connectivity index (χ4n) is 6.58. The van der Waals surface area contributed by atoms with Crippen LogP contribution in [0.1, 0.15) is 41.9 Å². The minimum absolute atomic E-state index is 0.0445. The molecule has 1 aliphatic carbocycles. The highest BCUT2D eigenvalue weighted by atomic mass is 16.7. The number of para-hydroxylation sites is 1. The summed E-state index contributed by atoms with van der Waals surface area (Å²) >= 11 is 0. The number of hydrogen-bond donors (Lipinski definition) is 1. The van der Waals surface area contributed by atoms with Crippen molar-refractivity contribution in [2.45, 2.75) is 56.0 Å². The fraction of sp³-hybridized carbons (Fsp3) is 0.467. The highest BCUT2D eigenvalue weighted by Crippen LogP contribution is 2.55. The Morgan fingerprint density at radius 1 is 1.12 bits per heavy atom.